The minimum absolute atomic E-state index is 0.912. The molecule has 0 bridgehead atoms. The summed E-state index contributed by atoms with van der Waals surface area (Å²) in [4.78, 5) is 4.26. The van der Waals surface area contributed by atoms with Gasteiger partial charge in [0.05, 0.1) is 5.69 Å². The summed E-state index contributed by atoms with van der Waals surface area (Å²) in [5, 5.41) is 4.44. The average molecular weight is 163 g/mol. The van der Waals surface area contributed by atoms with Crippen molar-refractivity contribution >= 4 is 6.21 Å². The third-order valence-corrected chi connectivity index (χ3v) is 2.32. The highest BCUT2D eigenvalue weighted by Crippen LogP contribution is 2.15. The molecular weight excluding hydrogens is 150 g/mol. The van der Waals surface area contributed by atoms with Crippen LogP contribution < -0.4 is 0 Å². The molecule has 0 radical (unpaired) electrons. The molecule has 0 amide bonds. The molecule has 2 heterocycles. The first-order chi connectivity index (χ1) is 5.83. The fourth-order valence-corrected chi connectivity index (χ4v) is 1.67. The summed E-state index contributed by atoms with van der Waals surface area (Å²) in [5.74, 6) is 0. The molecule has 1 aromatic heterocycles. The van der Waals surface area contributed by atoms with Crippen LogP contribution in [0.5, 0.6) is 0 Å². The van der Waals surface area contributed by atoms with Gasteiger partial charge in [0, 0.05) is 37.5 Å². The Hall–Kier alpha value is -1.12. The van der Waals surface area contributed by atoms with Crippen molar-refractivity contribution in [3.63, 3.8) is 0 Å². The van der Waals surface area contributed by atoms with Crippen LogP contribution in [0, 0.1) is 0 Å². The van der Waals surface area contributed by atoms with Gasteiger partial charge in [-0.1, -0.05) is 6.92 Å². The Kier molecular flexibility index (Phi) is 1.71. The van der Waals surface area contributed by atoms with Crippen molar-refractivity contribution in [3.8, 4) is 0 Å². The van der Waals surface area contributed by atoms with Crippen molar-refractivity contribution in [1.82, 2.24) is 9.78 Å². The predicted octanol–water partition coefficient (Wildman–Crippen LogP) is 0.958. The number of aliphatic imine (C=N–C) groups is 1. The number of aryl methyl sites for hydroxylation is 2. The van der Waals surface area contributed by atoms with E-state index in [1.807, 2.05) is 17.9 Å². The number of rotatable bonds is 1. The minimum atomic E-state index is 0.912. The van der Waals surface area contributed by atoms with E-state index < -0.39 is 0 Å². The van der Waals surface area contributed by atoms with E-state index in [4.69, 9.17) is 0 Å². The summed E-state index contributed by atoms with van der Waals surface area (Å²) < 4.78 is 1.99. The van der Waals surface area contributed by atoms with Crippen LogP contribution in [0.4, 0.5) is 0 Å². The molecule has 1 aliphatic heterocycles. The summed E-state index contributed by atoms with van der Waals surface area (Å²) in [6.45, 7) is 3.04. The molecule has 0 saturated carbocycles. The molecule has 2 rings (SSSR count). The summed E-state index contributed by atoms with van der Waals surface area (Å²) in [6.07, 6.45) is 4.00. The number of nitrogens with zero attached hydrogens (tertiary/aromatic N) is 3. The number of aromatic nitrogens is 2. The molecule has 0 aromatic carbocycles. The SMILES string of the molecule is CCc1nn(C)c2c1C=NCC2. The van der Waals surface area contributed by atoms with Crippen molar-refractivity contribution in [2.45, 2.75) is 19.8 Å². The Balaban J connectivity index is 2.56. The first kappa shape index (κ1) is 7.53. The standard InChI is InChI=1S/C9H13N3/c1-3-8-7-6-10-5-4-9(7)12(2)11-8/h6H,3-5H2,1-2H3. The first-order valence-electron chi connectivity index (χ1n) is 4.37. The molecule has 0 atom stereocenters. The third kappa shape index (κ3) is 0.967. The van der Waals surface area contributed by atoms with Gasteiger partial charge in [-0.25, -0.2) is 0 Å². The molecule has 3 nitrogen and oxygen atoms in total. The van der Waals surface area contributed by atoms with Crippen molar-refractivity contribution in [2.75, 3.05) is 6.54 Å². The van der Waals surface area contributed by atoms with E-state index >= 15 is 0 Å². The smallest absolute Gasteiger partial charge is 0.0712 e. The van der Waals surface area contributed by atoms with Gasteiger partial charge in [-0.3, -0.25) is 9.67 Å². The van der Waals surface area contributed by atoms with Crippen molar-refractivity contribution in [1.29, 1.82) is 0 Å². The van der Waals surface area contributed by atoms with E-state index in [1.54, 1.807) is 0 Å². The second-order valence-electron chi connectivity index (χ2n) is 3.07. The number of fused-ring (bicyclic) bond motifs is 1. The van der Waals surface area contributed by atoms with Gasteiger partial charge in [0.15, 0.2) is 0 Å². The number of hydrogen-bond acceptors (Lipinski definition) is 2. The van der Waals surface area contributed by atoms with Crippen LogP contribution in [0.25, 0.3) is 0 Å². The second-order valence-corrected chi connectivity index (χ2v) is 3.07. The Morgan fingerprint density at radius 2 is 2.42 bits per heavy atom. The van der Waals surface area contributed by atoms with Crippen molar-refractivity contribution in [2.24, 2.45) is 12.0 Å². The summed E-state index contributed by atoms with van der Waals surface area (Å²) in [6, 6.07) is 0. The van der Waals surface area contributed by atoms with E-state index in [0.717, 1.165) is 19.4 Å². The molecule has 0 aliphatic carbocycles. The lowest BCUT2D eigenvalue weighted by molar-refractivity contribution is 0.694. The normalized spacial score (nSPS) is 14.8. The second kappa shape index (κ2) is 2.73. The molecule has 0 saturated heterocycles. The van der Waals surface area contributed by atoms with Gasteiger partial charge in [0.25, 0.3) is 0 Å². The molecule has 0 unspecified atom stereocenters. The summed E-state index contributed by atoms with van der Waals surface area (Å²) >= 11 is 0. The molecule has 0 fully saturated rings. The Bertz CT molecular complexity index is 323. The third-order valence-electron chi connectivity index (χ3n) is 2.32. The molecule has 12 heavy (non-hydrogen) atoms. The van der Waals surface area contributed by atoms with E-state index in [-0.39, 0.29) is 0 Å². The minimum Gasteiger partial charge on any atom is -0.292 e. The maximum atomic E-state index is 4.44. The van der Waals surface area contributed by atoms with Crippen LogP contribution in [-0.4, -0.2) is 22.5 Å². The molecule has 1 aliphatic rings. The molecule has 3 heteroatoms. The maximum Gasteiger partial charge on any atom is 0.0712 e. The maximum absolute atomic E-state index is 4.44. The highest BCUT2D eigenvalue weighted by Gasteiger charge is 2.14. The lowest BCUT2D eigenvalue weighted by atomic mass is 10.1. The molecular formula is C9H13N3. The zero-order valence-electron chi connectivity index (χ0n) is 7.54. The van der Waals surface area contributed by atoms with Gasteiger partial charge in [0.2, 0.25) is 0 Å². The van der Waals surface area contributed by atoms with Gasteiger partial charge < -0.3 is 0 Å². The van der Waals surface area contributed by atoms with Crippen LogP contribution >= 0.6 is 0 Å². The van der Waals surface area contributed by atoms with E-state index in [1.165, 1.54) is 17.0 Å². The first-order valence-corrected chi connectivity index (χ1v) is 4.37. The van der Waals surface area contributed by atoms with E-state index in [2.05, 4.69) is 17.0 Å². The van der Waals surface area contributed by atoms with Crippen LogP contribution in [0.2, 0.25) is 0 Å². The molecule has 1 aromatic rings. The Labute approximate surface area is 72.1 Å². The lowest BCUT2D eigenvalue weighted by Crippen LogP contribution is -2.06. The van der Waals surface area contributed by atoms with Crippen molar-refractivity contribution < 1.29 is 0 Å². The highest BCUT2D eigenvalue weighted by molar-refractivity contribution is 5.83. The Morgan fingerprint density at radius 1 is 1.58 bits per heavy atom. The van der Waals surface area contributed by atoms with E-state index in [0.29, 0.717) is 0 Å². The number of hydrogen-bond donors (Lipinski definition) is 0. The summed E-state index contributed by atoms with van der Waals surface area (Å²) in [7, 11) is 2.01. The van der Waals surface area contributed by atoms with Gasteiger partial charge in [-0.2, -0.15) is 5.10 Å². The molecule has 0 N–H and O–H groups in total. The molecule has 0 spiro atoms. The van der Waals surface area contributed by atoms with Gasteiger partial charge in [-0.15, -0.1) is 0 Å². The van der Waals surface area contributed by atoms with Crippen molar-refractivity contribution in [3.05, 3.63) is 17.0 Å². The van der Waals surface area contributed by atoms with Crippen LogP contribution in [-0.2, 0) is 19.9 Å². The largest absolute Gasteiger partial charge is 0.292 e. The topological polar surface area (TPSA) is 30.2 Å². The van der Waals surface area contributed by atoms with Crippen LogP contribution in [0.3, 0.4) is 0 Å². The quantitative estimate of drug-likeness (QED) is 0.606. The fourth-order valence-electron chi connectivity index (χ4n) is 1.67. The zero-order chi connectivity index (χ0) is 8.55. The summed E-state index contributed by atoms with van der Waals surface area (Å²) in [5.41, 5.74) is 3.77. The van der Waals surface area contributed by atoms with Crippen LogP contribution in [0.15, 0.2) is 4.99 Å². The zero-order valence-corrected chi connectivity index (χ0v) is 7.54. The lowest BCUT2D eigenvalue weighted by Gasteiger charge is -2.05. The van der Waals surface area contributed by atoms with Gasteiger partial charge in [0.1, 0.15) is 0 Å². The van der Waals surface area contributed by atoms with Gasteiger partial charge >= 0.3 is 0 Å². The van der Waals surface area contributed by atoms with Gasteiger partial charge in [-0.05, 0) is 6.42 Å². The van der Waals surface area contributed by atoms with E-state index in [9.17, 15) is 0 Å². The average Bonchev–Trinajstić information content (AvgIpc) is 2.44. The highest BCUT2D eigenvalue weighted by atomic mass is 15.3. The Morgan fingerprint density at radius 3 is 3.17 bits per heavy atom. The van der Waals surface area contributed by atoms with Crippen LogP contribution in [0.1, 0.15) is 23.9 Å². The fraction of sp³-hybridized carbons (Fsp3) is 0.556. The molecule has 64 valence electrons. The monoisotopic (exact) mass is 163 g/mol. The predicted molar refractivity (Wildman–Crippen MR) is 48.8 cm³/mol.